The van der Waals surface area contributed by atoms with Crippen LogP contribution in [0.4, 0.5) is 11.4 Å². The van der Waals surface area contributed by atoms with Crippen molar-refractivity contribution >= 4 is 52.4 Å². The second-order valence-corrected chi connectivity index (χ2v) is 8.40. The van der Waals surface area contributed by atoms with Crippen LogP contribution in [0.2, 0.25) is 5.02 Å². The third-order valence-corrected chi connectivity index (χ3v) is 6.15. The van der Waals surface area contributed by atoms with E-state index >= 15 is 0 Å². The Balaban J connectivity index is 1.49. The van der Waals surface area contributed by atoms with Crippen molar-refractivity contribution in [1.29, 1.82) is 0 Å². The quantitative estimate of drug-likeness (QED) is 0.263. The van der Waals surface area contributed by atoms with Crippen LogP contribution < -0.4 is 15.0 Å². The first-order valence-electron chi connectivity index (χ1n) is 10.5. The van der Waals surface area contributed by atoms with Crippen LogP contribution in [-0.4, -0.2) is 17.8 Å². The predicted octanol–water partition coefficient (Wildman–Crippen LogP) is 5.87. The molecule has 2 amide bonds. The topological polar surface area (TPSA) is 75.7 Å². The molecule has 172 valence electrons. The van der Waals surface area contributed by atoms with E-state index in [1.165, 1.54) is 0 Å². The van der Waals surface area contributed by atoms with Gasteiger partial charge in [0, 0.05) is 10.7 Å². The van der Waals surface area contributed by atoms with Crippen molar-refractivity contribution in [3.63, 3.8) is 0 Å². The minimum atomic E-state index is -0.589. The summed E-state index contributed by atoms with van der Waals surface area (Å²) < 4.78 is 5.39. The van der Waals surface area contributed by atoms with E-state index in [4.69, 9.17) is 27.9 Å². The van der Waals surface area contributed by atoms with Gasteiger partial charge in [0.05, 0.1) is 11.3 Å². The van der Waals surface area contributed by atoms with Crippen molar-refractivity contribution in [1.82, 2.24) is 0 Å². The van der Waals surface area contributed by atoms with Gasteiger partial charge in [-0.1, -0.05) is 48.3 Å². The molecule has 3 aromatic carbocycles. The maximum absolute atomic E-state index is 13.0. The second kappa shape index (κ2) is 9.71. The fourth-order valence-electron chi connectivity index (χ4n) is 3.54. The highest BCUT2D eigenvalue weighted by molar-refractivity contribution is 6.53. The highest BCUT2D eigenvalue weighted by atomic mass is 35.5. The van der Waals surface area contributed by atoms with Crippen LogP contribution in [0.1, 0.15) is 28.4 Å². The lowest BCUT2D eigenvalue weighted by Gasteiger charge is -2.18. The molecule has 0 unspecified atom stereocenters. The number of carbonyl (C=O) groups is 3. The summed E-state index contributed by atoms with van der Waals surface area (Å²) in [6.45, 7) is 3.76. The van der Waals surface area contributed by atoms with Gasteiger partial charge in [-0.15, -0.1) is 0 Å². The molecule has 0 aliphatic carbocycles. The van der Waals surface area contributed by atoms with Gasteiger partial charge in [0.25, 0.3) is 11.8 Å². The Morgan fingerprint density at radius 1 is 0.971 bits per heavy atom. The summed E-state index contributed by atoms with van der Waals surface area (Å²) in [6.07, 6.45) is 0.654. The van der Waals surface area contributed by atoms with Crippen molar-refractivity contribution in [2.45, 2.75) is 20.3 Å². The molecule has 0 bridgehead atoms. The largest absolute Gasteiger partial charge is 0.423 e. The summed E-state index contributed by atoms with van der Waals surface area (Å²) >= 11 is 12.2. The van der Waals surface area contributed by atoms with Crippen molar-refractivity contribution in [2.24, 2.45) is 0 Å². The molecule has 6 nitrogen and oxygen atoms in total. The van der Waals surface area contributed by atoms with E-state index in [-0.39, 0.29) is 10.7 Å². The zero-order valence-corrected chi connectivity index (χ0v) is 19.9. The van der Waals surface area contributed by atoms with E-state index in [1.807, 2.05) is 26.0 Å². The highest BCUT2D eigenvalue weighted by Crippen LogP contribution is 2.32. The molecule has 1 aliphatic heterocycles. The third kappa shape index (κ3) is 4.55. The maximum atomic E-state index is 13.0. The number of nitrogens with zero attached hydrogens (tertiary/aromatic N) is 1. The van der Waals surface area contributed by atoms with E-state index < -0.39 is 17.8 Å². The normalized spacial score (nSPS) is 13.5. The summed E-state index contributed by atoms with van der Waals surface area (Å²) in [7, 11) is 0. The third-order valence-electron chi connectivity index (χ3n) is 5.37. The Morgan fingerprint density at radius 2 is 1.68 bits per heavy atom. The number of rotatable bonds is 6. The van der Waals surface area contributed by atoms with E-state index in [9.17, 15) is 14.4 Å². The number of hydrogen-bond acceptors (Lipinski definition) is 5. The lowest BCUT2D eigenvalue weighted by molar-refractivity contribution is -0.120. The minimum Gasteiger partial charge on any atom is -0.423 e. The minimum absolute atomic E-state index is 0.0236. The van der Waals surface area contributed by atoms with Crippen molar-refractivity contribution in [2.75, 3.05) is 10.2 Å². The van der Waals surface area contributed by atoms with Crippen LogP contribution in [0, 0.1) is 6.92 Å². The Hall–Kier alpha value is -3.61. The van der Waals surface area contributed by atoms with Crippen LogP contribution in [0.25, 0.3) is 0 Å². The first-order chi connectivity index (χ1) is 16.3. The van der Waals surface area contributed by atoms with Crippen LogP contribution in [0.5, 0.6) is 5.75 Å². The Labute approximate surface area is 206 Å². The van der Waals surface area contributed by atoms with Gasteiger partial charge in [-0.25, -0.2) is 9.69 Å². The molecule has 8 heteroatoms. The molecular weight excluding hydrogens is 475 g/mol. The SMILES string of the molecule is CCc1ccccc1N1C(=O)C(Cl)=C(Nc2ccc(C(=O)Oc3ccc(Cl)c(C)c3)cc2)C1=O. The Kier molecular flexibility index (Phi) is 6.72. The van der Waals surface area contributed by atoms with Crippen LogP contribution >= 0.6 is 23.2 Å². The Bertz CT molecular complexity index is 1330. The first kappa shape index (κ1) is 23.5. The van der Waals surface area contributed by atoms with Gasteiger partial charge in [0.15, 0.2) is 0 Å². The summed E-state index contributed by atoms with van der Waals surface area (Å²) in [6, 6.07) is 18.4. The molecule has 4 rings (SSSR count). The molecule has 0 saturated carbocycles. The van der Waals surface area contributed by atoms with E-state index in [0.717, 1.165) is 16.0 Å². The molecule has 0 radical (unpaired) electrons. The molecule has 0 atom stereocenters. The molecule has 1 aliphatic rings. The Morgan fingerprint density at radius 3 is 2.35 bits per heavy atom. The number of benzene rings is 3. The number of amides is 2. The zero-order valence-electron chi connectivity index (χ0n) is 18.4. The van der Waals surface area contributed by atoms with Gasteiger partial charge >= 0.3 is 5.97 Å². The van der Waals surface area contributed by atoms with Crippen molar-refractivity contribution in [3.8, 4) is 5.75 Å². The molecule has 0 fully saturated rings. The van der Waals surface area contributed by atoms with Gasteiger partial charge in [0.1, 0.15) is 16.5 Å². The van der Waals surface area contributed by atoms with Gasteiger partial charge < -0.3 is 10.1 Å². The van der Waals surface area contributed by atoms with Crippen LogP contribution in [0.15, 0.2) is 77.5 Å². The fraction of sp³-hybridized carbons (Fsp3) is 0.115. The zero-order chi connectivity index (χ0) is 24.4. The summed E-state index contributed by atoms with van der Waals surface area (Å²) in [4.78, 5) is 39.3. The number of imide groups is 1. The number of carbonyl (C=O) groups excluding carboxylic acids is 3. The average molecular weight is 495 g/mol. The molecular formula is C26H20Cl2N2O4. The molecule has 34 heavy (non-hydrogen) atoms. The number of hydrogen-bond donors (Lipinski definition) is 1. The summed E-state index contributed by atoms with van der Waals surface area (Å²) in [5, 5.41) is 3.29. The summed E-state index contributed by atoms with van der Waals surface area (Å²) in [5.41, 5.74) is 2.93. The van der Waals surface area contributed by atoms with Crippen molar-refractivity contribution < 1.29 is 19.1 Å². The number of anilines is 2. The van der Waals surface area contributed by atoms with E-state index in [0.29, 0.717) is 34.1 Å². The maximum Gasteiger partial charge on any atom is 0.343 e. The molecule has 1 N–H and O–H groups in total. The lowest BCUT2D eigenvalue weighted by atomic mass is 10.1. The fourth-order valence-corrected chi connectivity index (χ4v) is 3.87. The molecule has 0 saturated heterocycles. The number of ether oxygens (including phenoxy) is 1. The van der Waals surface area contributed by atoms with Gasteiger partial charge in [-0.05, 0) is 73.0 Å². The van der Waals surface area contributed by atoms with Gasteiger partial charge in [0.2, 0.25) is 0 Å². The lowest BCUT2D eigenvalue weighted by Crippen LogP contribution is -2.33. The number of aryl methyl sites for hydroxylation is 2. The van der Waals surface area contributed by atoms with Crippen LogP contribution in [-0.2, 0) is 16.0 Å². The number of para-hydroxylation sites is 1. The first-order valence-corrected chi connectivity index (χ1v) is 11.3. The molecule has 3 aromatic rings. The average Bonchev–Trinajstić information content (AvgIpc) is 3.04. The van der Waals surface area contributed by atoms with E-state index in [1.54, 1.807) is 54.6 Å². The summed E-state index contributed by atoms with van der Waals surface area (Å²) in [5.74, 6) is -1.29. The number of esters is 1. The highest BCUT2D eigenvalue weighted by Gasteiger charge is 2.39. The van der Waals surface area contributed by atoms with Crippen LogP contribution in [0.3, 0.4) is 0 Å². The number of nitrogens with one attached hydrogen (secondary N) is 1. The smallest absolute Gasteiger partial charge is 0.343 e. The molecule has 1 heterocycles. The van der Waals surface area contributed by atoms with E-state index in [2.05, 4.69) is 5.32 Å². The monoisotopic (exact) mass is 494 g/mol. The standard InChI is InChI=1S/C26H20Cl2N2O4/c1-3-16-6-4-5-7-21(16)30-24(31)22(28)23(25(30)32)29-18-10-8-17(9-11-18)26(33)34-19-12-13-20(27)15(2)14-19/h4-14,29H,3H2,1-2H3. The second-order valence-electron chi connectivity index (χ2n) is 7.62. The predicted molar refractivity (Wildman–Crippen MR) is 132 cm³/mol. The molecule has 0 spiro atoms. The molecule has 0 aromatic heterocycles. The van der Waals surface area contributed by atoms with Crippen molar-refractivity contribution in [3.05, 3.63) is 99.2 Å². The van der Waals surface area contributed by atoms with Gasteiger partial charge in [-0.3, -0.25) is 9.59 Å². The number of halogens is 2. The van der Waals surface area contributed by atoms with Gasteiger partial charge in [-0.2, -0.15) is 0 Å².